The molecular formula is C25H26FN3O. The Labute approximate surface area is 176 Å². The van der Waals surface area contributed by atoms with Crippen molar-refractivity contribution in [2.24, 2.45) is 0 Å². The van der Waals surface area contributed by atoms with E-state index in [2.05, 4.69) is 15.2 Å². The van der Waals surface area contributed by atoms with Crippen LogP contribution >= 0.6 is 0 Å². The highest BCUT2D eigenvalue weighted by Gasteiger charge is 2.44. The van der Waals surface area contributed by atoms with Gasteiger partial charge in [-0.1, -0.05) is 48.5 Å². The number of likely N-dealkylation sites (tertiary alicyclic amines) is 1. The molecule has 0 aliphatic carbocycles. The largest absolute Gasteiger partial charge is 0.358 e. The second kappa shape index (κ2) is 8.76. The van der Waals surface area contributed by atoms with Crippen LogP contribution in [0.25, 0.3) is 11.1 Å². The van der Waals surface area contributed by atoms with Gasteiger partial charge >= 0.3 is 0 Å². The molecule has 1 aliphatic rings. The van der Waals surface area contributed by atoms with Crippen LogP contribution in [-0.2, 0) is 16.8 Å². The van der Waals surface area contributed by atoms with E-state index in [0.717, 1.165) is 36.2 Å². The normalized spacial score (nSPS) is 19.4. The molecule has 154 valence electrons. The number of hydrogen-bond acceptors (Lipinski definition) is 3. The van der Waals surface area contributed by atoms with Gasteiger partial charge in [-0.05, 0) is 48.7 Å². The van der Waals surface area contributed by atoms with Gasteiger partial charge in [0.15, 0.2) is 0 Å². The number of aromatic nitrogens is 1. The van der Waals surface area contributed by atoms with Crippen molar-refractivity contribution in [1.82, 2.24) is 15.2 Å². The Hall–Kier alpha value is -3.05. The zero-order chi connectivity index (χ0) is 21.0. The molecule has 1 aliphatic heterocycles. The maximum Gasteiger partial charge on any atom is 0.233 e. The predicted molar refractivity (Wildman–Crippen MR) is 116 cm³/mol. The van der Waals surface area contributed by atoms with Gasteiger partial charge in [-0.25, -0.2) is 4.39 Å². The number of benzene rings is 2. The van der Waals surface area contributed by atoms with E-state index in [4.69, 9.17) is 0 Å². The molecule has 30 heavy (non-hydrogen) atoms. The average molecular weight is 404 g/mol. The molecule has 1 aromatic heterocycles. The molecule has 0 radical (unpaired) electrons. The molecule has 0 spiro atoms. The van der Waals surface area contributed by atoms with E-state index in [1.165, 1.54) is 6.07 Å². The molecule has 1 atom stereocenters. The Morgan fingerprint density at radius 3 is 2.53 bits per heavy atom. The fourth-order valence-electron chi connectivity index (χ4n) is 4.52. The molecule has 5 heteroatoms. The van der Waals surface area contributed by atoms with Crippen LogP contribution in [0, 0.1) is 5.82 Å². The average Bonchev–Trinajstić information content (AvgIpc) is 2.80. The zero-order valence-corrected chi connectivity index (χ0v) is 17.1. The van der Waals surface area contributed by atoms with Crippen molar-refractivity contribution >= 4 is 5.91 Å². The number of rotatable bonds is 5. The molecule has 3 aromatic rings. The Morgan fingerprint density at radius 2 is 1.80 bits per heavy atom. The number of hydrogen-bond donors (Lipinski definition) is 1. The van der Waals surface area contributed by atoms with Crippen LogP contribution in [0.2, 0.25) is 0 Å². The minimum absolute atomic E-state index is 0.00621. The lowest BCUT2D eigenvalue weighted by Crippen LogP contribution is -2.54. The van der Waals surface area contributed by atoms with E-state index >= 15 is 0 Å². The number of pyridine rings is 1. The Kier molecular flexibility index (Phi) is 5.91. The molecule has 4 rings (SSSR count). The van der Waals surface area contributed by atoms with Gasteiger partial charge in [-0.2, -0.15) is 0 Å². The highest BCUT2D eigenvalue weighted by Crippen LogP contribution is 2.35. The summed E-state index contributed by atoms with van der Waals surface area (Å²) in [6.45, 7) is 2.11. The van der Waals surface area contributed by atoms with E-state index in [9.17, 15) is 9.18 Å². The van der Waals surface area contributed by atoms with Crippen molar-refractivity contribution in [1.29, 1.82) is 0 Å². The lowest BCUT2D eigenvalue weighted by atomic mass is 9.75. The van der Waals surface area contributed by atoms with Gasteiger partial charge in [0.2, 0.25) is 5.91 Å². The third-order valence-electron chi connectivity index (χ3n) is 5.96. The highest BCUT2D eigenvalue weighted by atomic mass is 19.1. The summed E-state index contributed by atoms with van der Waals surface area (Å²) in [7, 11) is 1.68. The summed E-state index contributed by atoms with van der Waals surface area (Å²) in [4.78, 5) is 19.8. The number of amides is 1. The number of likely N-dealkylation sites (N-methyl/N-ethyl adjacent to an activating group) is 1. The molecule has 2 aromatic carbocycles. The van der Waals surface area contributed by atoms with Gasteiger partial charge in [-0.15, -0.1) is 0 Å². The van der Waals surface area contributed by atoms with E-state index in [0.29, 0.717) is 18.7 Å². The first kappa shape index (κ1) is 20.2. The van der Waals surface area contributed by atoms with Gasteiger partial charge in [0.25, 0.3) is 0 Å². The van der Waals surface area contributed by atoms with Crippen molar-refractivity contribution in [3.63, 3.8) is 0 Å². The lowest BCUT2D eigenvalue weighted by Gasteiger charge is -2.41. The second-order valence-corrected chi connectivity index (χ2v) is 7.83. The summed E-state index contributed by atoms with van der Waals surface area (Å²) in [5, 5.41) is 2.85. The summed E-state index contributed by atoms with van der Waals surface area (Å²) in [5.41, 5.74) is 2.67. The molecular weight excluding hydrogens is 377 g/mol. The molecule has 0 bridgehead atoms. The SMILES string of the molecule is CNC(=O)C1(c2ccccn2)CCCN(Cc2ccccc2-c2ccccc2F)C1. The fourth-order valence-corrected chi connectivity index (χ4v) is 4.52. The number of halogens is 1. The van der Waals surface area contributed by atoms with Crippen LogP contribution in [0.3, 0.4) is 0 Å². The minimum Gasteiger partial charge on any atom is -0.358 e. The van der Waals surface area contributed by atoms with E-state index < -0.39 is 5.41 Å². The fraction of sp³-hybridized carbons (Fsp3) is 0.280. The van der Waals surface area contributed by atoms with E-state index in [-0.39, 0.29) is 11.7 Å². The Balaban J connectivity index is 1.65. The molecule has 1 unspecified atom stereocenters. The first-order valence-electron chi connectivity index (χ1n) is 10.3. The summed E-state index contributed by atoms with van der Waals surface area (Å²) >= 11 is 0. The number of piperidine rings is 1. The van der Waals surface area contributed by atoms with Crippen LogP contribution in [-0.4, -0.2) is 35.9 Å². The number of carbonyl (C=O) groups is 1. The molecule has 0 saturated carbocycles. The third kappa shape index (κ3) is 3.85. The standard InChI is InChI=1S/C25H26FN3O/c1-27-24(30)25(23-13-6-7-15-28-23)14-8-16-29(18-25)17-19-9-2-3-10-20(19)21-11-4-5-12-22(21)26/h2-7,9-13,15H,8,14,16-18H2,1H3,(H,27,30). The topological polar surface area (TPSA) is 45.2 Å². The van der Waals surface area contributed by atoms with Crippen molar-refractivity contribution < 1.29 is 9.18 Å². The van der Waals surface area contributed by atoms with Gasteiger partial charge < -0.3 is 5.32 Å². The number of carbonyl (C=O) groups excluding carboxylic acids is 1. The quantitative estimate of drug-likeness (QED) is 0.696. The molecule has 1 saturated heterocycles. The molecule has 1 amide bonds. The maximum absolute atomic E-state index is 14.5. The first-order valence-corrected chi connectivity index (χ1v) is 10.3. The van der Waals surface area contributed by atoms with Crippen LogP contribution in [0.1, 0.15) is 24.1 Å². The summed E-state index contributed by atoms with van der Waals surface area (Å²) in [6.07, 6.45) is 3.40. The predicted octanol–water partition coefficient (Wildman–Crippen LogP) is 4.17. The van der Waals surface area contributed by atoms with Gasteiger partial charge in [0.05, 0.1) is 5.69 Å². The van der Waals surface area contributed by atoms with Gasteiger partial charge in [-0.3, -0.25) is 14.7 Å². The second-order valence-electron chi connectivity index (χ2n) is 7.83. The Bertz CT molecular complexity index is 1020. The Morgan fingerprint density at radius 1 is 1.07 bits per heavy atom. The molecule has 1 N–H and O–H groups in total. The summed E-state index contributed by atoms with van der Waals surface area (Å²) in [6, 6.07) is 20.5. The van der Waals surface area contributed by atoms with Crippen molar-refractivity contribution in [2.45, 2.75) is 24.8 Å². The van der Waals surface area contributed by atoms with Gasteiger partial charge in [0, 0.05) is 31.9 Å². The molecule has 4 nitrogen and oxygen atoms in total. The van der Waals surface area contributed by atoms with Crippen molar-refractivity contribution in [3.8, 4) is 11.1 Å². The first-order chi connectivity index (χ1) is 14.6. The zero-order valence-electron chi connectivity index (χ0n) is 17.1. The van der Waals surface area contributed by atoms with Gasteiger partial charge in [0.1, 0.15) is 11.2 Å². The van der Waals surface area contributed by atoms with Crippen LogP contribution in [0.5, 0.6) is 0 Å². The lowest BCUT2D eigenvalue weighted by molar-refractivity contribution is -0.128. The van der Waals surface area contributed by atoms with Crippen LogP contribution < -0.4 is 5.32 Å². The number of nitrogens with one attached hydrogen (secondary N) is 1. The van der Waals surface area contributed by atoms with E-state index in [1.54, 1.807) is 19.3 Å². The number of nitrogens with zero attached hydrogens (tertiary/aromatic N) is 2. The summed E-state index contributed by atoms with van der Waals surface area (Å²) < 4.78 is 14.5. The van der Waals surface area contributed by atoms with Crippen LogP contribution in [0.15, 0.2) is 72.9 Å². The minimum atomic E-state index is -0.679. The maximum atomic E-state index is 14.5. The van der Waals surface area contributed by atoms with Crippen molar-refractivity contribution in [3.05, 3.63) is 90.0 Å². The monoisotopic (exact) mass is 403 g/mol. The highest BCUT2D eigenvalue weighted by molar-refractivity contribution is 5.88. The molecule has 2 heterocycles. The summed E-state index contributed by atoms with van der Waals surface area (Å²) in [5.74, 6) is -0.231. The third-order valence-corrected chi connectivity index (χ3v) is 5.96. The van der Waals surface area contributed by atoms with Crippen LogP contribution in [0.4, 0.5) is 4.39 Å². The van der Waals surface area contributed by atoms with E-state index in [1.807, 2.05) is 54.6 Å². The van der Waals surface area contributed by atoms with Crippen molar-refractivity contribution in [2.75, 3.05) is 20.1 Å². The molecule has 1 fully saturated rings. The smallest absolute Gasteiger partial charge is 0.233 e.